The lowest BCUT2D eigenvalue weighted by Gasteiger charge is -1.96. The van der Waals surface area contributed by atoms with Crippen molar-refractivity contribution in [3.05, 3.63) is 41.7 Å². The van der Waals surface area contributed by atoms with E-state index in [1.54, 1.807) is 19.9 Å². The molecule has 1 heterocycles. The molecular weight excluding hydrogens is 312 g/mol. The van der Waals surface area contributed by atoms with Gasteiger partial charge in [0, 0.05) is 23.1 Å². The molecule has 0 saturated carbocycles. The zero-order chi connectivity index (χ0) is 17.5. The smallest absolute Gasteiger partial charge is 0.330 e. The van der Waals surface area contributed by atoms with E-state index in [2.05, 4.69) is 0 Å². The Bertz CT molecular complexity index is 797. The largest absolute Gasteiger partial charge is 0.508 e. The van der Waals surface area contributed by atoms with Gasteiger partial charge in [0.15, 0.2) is 0 Å². The van der Waals surface area contributed by atoms with E-state index in [1.165, 1.54) is 36.4 Å². The van der Waals surface area contributed by atoms with E-state index in [0.717, 1.165) is 0 Å². The van der Waals surface area contributed by atoms with Crippen LogP contribution in [0.5, 0.6) is 5.75 Å². The van der Waals surface area contributed by atoms with Gasteiger partial charge >= 0.3 is 11.9 Å². The van der Waals surface area contributed by atoms with Gasteiger partial charge in [-0.2, -0.15) is 0 Å². The number of furan rings is 1. The van der Waals surface area contributed by atoms with Crippen LogP contribution in [0.3, 0.4) is 0 Å². The molecule has 0 radical (unpaired) electrons. The molecule has 126 valence electrons. The molecule has 1 aromatic heterocycles. The summed E-state index contributed by atoms with van der Waals surface area (Å²) in [5, 5.41) is 10.3. The van der Waals surface area contributed by atoms with Gasteiger partial charge in [0.25, 0.3) is 0 Å². The molecule has 0 fully saturated rings. The molecule has 0 atom stereocenters. The predicted octanol–water partition coefficient (Wildman–Crippen LogP) is 3.29. The molecule has 0 amide bonds. The van der Waals surface area contributed by atoms with Crippen LogP contribution in [-0.4, -0.2) is 30.3 Å². The summed E-state index contributed by atoms with van der Waals surface area (Å²) in [6.07, 6.45) is 5.48. The molecule has 1 aromatic carbocycles. The molecule has 0 aliphatic heterocycles. The first-order valence-corrected chi connectivity index (χ1v) is 7.50. The lowest BCUT2D eigenvalue weighted by Crippen LogP contribution is -1.99. The summed E-state index contributed by atoms with van der Waals surface area (Å²) >= 11 is 0. The molecule has 1 N–H and O–H groups in total. The van der Waals surface area contributed by atoms with Crippen LogP contribution >= 0.6 is 0 Å². The Morgan fingerprint density at radius 1 is 1.08 bits per heavy atom. The molecule has 24 heavy (non-hydrogen) atoms. The van der Waals surface area contributed by atoms with Crippen molar-refractivity contribution in [2.24, 2.45) is 0 Å². The minimum absolute atomic E-state index is 0.0648. The first-order valence-electron chi connectivity index (χ1n) is 7.50. The second-order valence-electron chi connectivity index (χ2n) is 4.73. The molecule has 0 unspecified atom stereocenters. The summed E-state index contributed by atoms with van der Waals surface area (Å²) in [4.78, 5) is 23.0. The average Bonchev–Trinajstić information content (AvgIpc) is 2.88. The van der Waals surface area contributed by atoms with Crippen LogP contribution < -0.4 is 0 Å². The van der Waals surface area contributed by atoms with Crippen molar-refractivity contribution in [1.82, 2.24) is 0 Å². The highest BCUT2D eigenvalue weighted by Crippen LogP contribution is 2.31. The van der Waals surface area contributed by atoms with E-state index < -0.39 is 11.9 Å². The molecule has 2 aromatic rings. The third-order valence-electron chi connectivity index (χ3n) is 3.07. The number of rotatable bonds is 6. The van der Waals surface area contributed by atoms with Gasteiger partial charge in [0.1, 0.15) is 17.1 Å². The maximum absolute atomic E-state index is 11.5. The Labute approximate surface area is 139 Å². The summed E-state index contributed by atoms with van der Waals surface area (Å²) in [6.45, 7) is 3.96. The number of benzene rings is 1. The van der Waals surface area contributed by atoms with Crippen LogP contribution in [-0.2, 0) is 19.1 Å². The molecule has 0 spiro atoms. The summed E-state index contributed by atoms with van der Waals surface area (Å²) in [6, 6.07) is 4.61. The van der Waals surface area contributed by atoms with Gasteiger partial charge in [-0.15, -0.1) is 0 Å². The number of hydrogen-bond acceptors (Lipinski definition) is 6. The number of fused-ring (bicyclic) bond motifs is 1. The minimum Gasteiger partial charge on any atom is -0.508 e. The molecule has 2 rings (SSSR count). The van der Waals surface area contributed by atoms with E-state index >= 15 is 0 Å². The Hall–Kier alpha value is -3.02. The Balaban J connectivity index is 2.43. The second-order valence-corrected chi connectivity index (χ2v) is 4.73. The number of hydrogen-bond donors (Lipinski definition) is 1. The van der Waals surface area contributed by atoms with Crippen LogP contribution in [0, 0.1) is 0 Å². The highest BCUT2D eigenvalue weighted by Gasteiger charge is 2.12. The lowest BCUT2D eigenvalue weighted by atomic mass is 10.1. The van der Waals surface area contributed by atoms with Crippen molar-refractivity contribution in [1.29, 1.82) is 0 Å². The number of aromatic hydroxyl groups is 1. The van der Waals surface area contributed by atoms with E-state index in [-0.39, 0.29) is 19.0 Å². The summed E-state index contributed by atoms with van der Waals surface area (Å²) in [5.74, 6) is -0.562. The summed E-state index contributed by atoms with van der Waals surface area (Å²) < 4.78 is 15.3. The quantitative estimate of drug-likeness (QED) is 0.646. The number of carbonyl (C=O) groups excluding carboxylic acids is 2. The van der Waals surface area contributed by atoms with Gasteiger partial charge in [-0.3, -0.25) is 0 Å². The van der Waals surface area contributed by atoms with Gasteiger partial charge in [0.2, 0.25) is 0 Å². The Morgan fingerprint density at radius 2 is 1.71 bits per heavy atom. The maximum atomic E-state index is 11.5. The Kier molecular flexibility index (Phi) is 5.78. The van der Waals surface area contributed by atoms with E-state index in [9.17, 15) is 14.7 Å². The summed E-state index contributed by atoms with van der Waals surface area (Å²) in [7, 11) is 0. The zero-order valence-corrected chi connectivity index (χ0v) is 13.4. The standard InChI is InChI=1S/C18H18O6/c1-3-22-17(20)9-6-13-14-11-12(19)5-7-16(14)24-15(13)8-10-18(21)23-4-2/h5-11,19H,3-4H2,1-2H3/b9-6+,10-8+. The SMILES string of the molecule is CCOC(=O)/C=C/c1oc2ccc(O)cc2c1/C=C/C(=O)OCC. The second kappa shape index (κ2) is 8.01. The molecule has 0 aliphatic rings. The first kappa shape index (κ1) is 17.3. The van der Waals surface area contributed by atoms with E-state index in [1.807, 2.05) is 0 Å². The van der Waals surface area contributed by atoms with Gasteiger partial charge in [0.05, 0.1) is 13.2 Å². The van der Waals surface area contributed by atoms with Gasteiger partial charge < -0.3 is 19.0 Å². The molecule has 6 nitrogen and oxygen atoms in total. The number of ether oxygens (including phenoxy) is 2. The van der Waals surface area contributed by atoms with Gasteiger partial charge in [-0.1, -0.05) is 0 Å². The molecule has 0 bridgehead atoms. The highest BCUT2D eigenvalue weighted by molar-refractivity contribution is 5.97. The number of esters is 2. The van der Waals surface area contributed by atoms with Crippen molar-refractivity contribution >= 4 is 35.1 Å². The minimum atomic E-state index is -0.499. The third-order valence-corrected chi connectivity index (χ3v) is 3.07. The van der Waals surface area contributed by atoms with Gasteiger partial charge in [-0.05, 0) is 44.2 Å². The normalized spacial score (nSPS) is 11.4. The lowest BCUT2D eigenvalue weighted by molar-refractivity contribution is -0.138. The predicted molar refractivity (Wildman–Crippen MR) is 89.2 cm³/mol. The van der Waals surface area contributed by atoms with E-state index in [4.69, 9.17) is 13.9 Å². The van der Waals surface area contributed by atoms with Crippen molar-refractivity contribution in [3.8, 4) is 5.75 Å². The zero-order valence-electron chi connectivity index (χ0n) is 13.4. The molecule has 6 heteroatoms. The van der Waals surface area contributed by atoms with E-state index in [0.29, 0.717) is 22.3 Å². The molecular formula is C18H18O6. The van der Waals surface area contributed by atoms with Crippen LogP contribution in [0.25, 0.3) is 23.1 Å². The van der Waals surface area contributed by atoms with Crippen LogP contribution in [0.15, 0.2) is 34.8 Å². The molecule has 0 aliphatic carbocycles. The fraction of sp³-hybridized carbons (Fsp3) is 0.222. The fourth-order valence-corrected chi connectivity index (χ4v) is 2.10. The third kappa shape index (κ3) is 4.25. The van der Waals surface area contributed by atoms with Crippen molar-refractivity contribution in [2.75, 3.05) is 13.2 Å². The number of phenolic OH excluding ortho intramolecular Hbond substituents is 1. The average molecular weight is 330 g/mol. The van der Waals surface area contributed by atoms with Crippen molar-refractivity contribution < 1.29 is 28.6 Å². The molecule has 0 saturated heterocycles. The monoisotopic (exact) mass is 330 g/mol. The van der Waals surface area contributed by atoms with Crippen molar-refractivity contribution in [2.45, 2.75) is 13.8 Å². The first-order chi connectivity index (χ1) is 11.5. The van der Waals surface area contributed by atoms with Crippen LogP contribution in [0.1, 0.15) is 25.2 Å². The van der Waals surface area contributed by atoms with Gasteiger partial charge in [-0.25, -0.2) is 9.59 Å². The fourth-order valence-electron chi connectivity index (χ4n) is 2.10. The topological polar surface area (TPSA) is 86.0 Å². The maximum Gasteiger partial charge on any atom is 0.330 e. The Morgan fingerprint density at radius 3 is 2.33 bits per heavy atom. The van der Waals surface area contributed by atoms with Crippen molar-refractivity contribution in [3.63, 3.8) is 0 Å². The number of phenols is 1. The number of carbonyl (C=O) groups is 2. The highest BCUT2D eigenvalue weighted by atomic mass is 16.5. The van der Waals surface area contributed by atoms with Crippen LogP contribution in [0.4, 0.5) is 0 Å². The van der Waals surface area contributed by atoms with Crippen LogP contribution in [0.2, 0.25) is 0 Å². The summed E-state index contributed by atoms with van der Waals surface area (Å²) in [5.41, 5.74) is 1.06.